The summed E-state index contributed by atoms with van der Waals surface area (Å²) in [4.78, 5) is 54.1. The Balaban J connectivity index is 3.11. The molecule has 0 bridgehead atoms. The number of nitrogens with zero attached hydrogens (tertiary/aromatic N) is 3. The standard InChI is InChI=1S/C23H32FN5O5/c1-23(2,3)34-22(33)18(10-9-17(30)13-26-25)28-21(32)19(27-20(31)14-29(4)5)12-15-7-6-8-16(24)11-15/h6-8,11,13,18-19H,9-10,12,14H2,1-5H3,(H,27,31)(H,28,32)/t18-,19-/m0/s1. The van der Waals surface area contributed by atoms with E-state index in [9.17, 15) is 23.6 Å². The van der Waals surface area contributed by atoms with Gasteiger partial charge in [-0.05, 0) is 59.0 Å². The summed E-state index contributed by atoms with van der Waals surface area (Å²) in [6.45, 7) is 4.97. The Kier molecular flexibility index (Phi) is 11.2. The Morgan fingerprint density at radius 2 is 1.85 bits per heavy atom. The summed E-state index contributed by atoms with van der Waals surface area (Å²) in [5, 5.41) is 5.14. The molecule has 10 nitrogen and oxygen atoms in total. The molecule has 1 aromatic carbocycles. The molecule has 0 aromatic heterocycles. The van der Waals surface area contributed by atoms with Gasteiger partial charge in [-0.15, -0.1) is 0 Å². The van der Waals surface area contributed by atoms with Crippen molar-refractivity contribution < 1.29 is 33.1 Å². The first-order chi connectivity index (χ1) is 15.8. The fraction of sp³-hybridized carbons (Fsp3) is 0.522. The number of hydrogen-bond acceptors (Lipinski definition) is 6. The van der Waals surface area contributed by atoms with Gasteiger partial charge in [0.2, 0.25) is 17.6 Å². The summed E-state index contributed by atoms with van der Waals surface area (Å²) in [5.74, 6) is -2.95. The molecule has 2 amide bonds. The zero-order chi connectivity index (χ0) is 25.9. The molecule has 11 heteroatoms. The molecule has 186 valence electrons. The maximum atomic E-state index is 13.6. The van der Waals surface area contributed by atoms with Crippen LogP contribution in [0.4, 0.5) is 4.39 Å². The van der Waals surface area contributed by atoms with Crippen LogP contribution < -0.4 is 10.6 Å². The minimum absolute atomic E-state index is 0.0113. The largest absolute Gasteiger partial charge is 0.458 e. The number of benzene rings is 1. The quantitative estimate of drug-likeness (QED) is 0.198. The van der Waals surface area contributed by atoms with Crippen LogP contribution in [0.3, 0.4) is 0 Å². The Hall–Kier alpha value is -3.43. The lowest BCUT2D eigenvalue weighted by molar-refractivity contribution is -0.159. The van der Waals surface area contributed by atoms with E-state index in [-0.39, 0.29) is 25.8 Å². The van der Waals surface area contributed by atoms with E-state index in [2.05, 4.69) is 15.4 Å². The number of Topliss-reactive ketones (excluding diaryl/α,β-unsaturated/α-hetero) is 1. The van der Waals surface area contributed by atoms with E-state index in [1.165, 1.54) is 18.2 Å². The lowest BCUT2D eigenvalue weighted by atomic mass is 10.0. The predicted molar refractivity (Wildman–Crippen MR) is 122 cm³/mol. The lowest BCUT2D eigenvalue weighted by Gasteiger charge is -2.26. The molecule has 0 unspecified atom stereocenters. The van der Waals surface area contributed by atoms with Gasteiger partial charge in [-0.2, -0.15) is 4.79 Å². The van der Waals surface area contributed by atoms with Crippen LogP contribution >= 0.6 is 0 Å². The van der Waals surface area contributed by atoms with E-state index < -0.39 is 47.1 Å². The number of ketones is 1. The third kappa shape index (κ3) is 11.4. The average Bonchev–Trinajstić information content (AvgIpc) is 2.68. The van der Waals surface area contributed by atoms with Crippen LogP contribution in [0.1, 0.15) is 39.2 Å². The molecule has 0 spiro atoms. The van der Waals surface area contributed by atoms with Crippen molar-refractivity contribution >= 4 is 29.8 Å². The topological polar surface area (TPSA) is 141 Å². The van der Waals surface area contributed by atoms with Crippen molar-refractivity contribution in [2.75, 3.05) is 20.6 Å². The Labute approximate surface area is 198 Å². The molecule has 34 heavy (non-hydrogen) atoms. The highest BCUT2D eigenvalue weighted by molar-refractivity contribution is 6.25. The van der Waals surface area contributed by atoms with Crippen molar-refractivity contribution in [2.45, 2.75) is 57.7 Å². The van der Waals surface area contributed by atoms with Crippen LogP contribution in [0.25, 0.3) is 5.53 Å². The van der Waals surface area contributed by atoms with Gasteiger partial charge in [-0.25, -0.2) is 9.18 Å². The van der Waals surface area contributed by atoms with Crippen molar-refractivity contribution in [1.82, 2.24) is 15.5 Å². The molecule has 0 aliphatic heterocycles. The number of ether oxygens (including phenoxy) is 1. The molecular weight excluding hydrogens is 445 g/mol. The second-order valence-corrected chi connectivity index (χ2v) is 9.04. The Bertz CT molecular complexity index is 938. The van der Waals surface area contributed by atoms with Gasteiger partial charge in [-0.3, -0.25) is 14.4 Å². The predicted octanol–water partition coefficient (Wildman–Crippen LogP) is 0.891. The van der Waals surface area contributed by atoms with Crippen molar-refractivity contribution in [1.29, 1.82) is 0 Å². The van der Waals surface area contributed by atoms with Gasteiger partial charge in [0.05, 0.1) is 6.54 Å². The molecular formula is C23H32FN5O5. The molecule has 1 aromatic rings. The van der Waals surface area contributed by atoms with Crippen LogP contribution in [-0.4, -0.2) is 77.8 Å². The maximum absolute atomic E-state index is 13.6. The first-order valence-electron chi connectivity index (χ1n) is 10.7. The Morgan fingerprint density at radius 3 is 2.41 bits per heavy atom. The first-order valence-corrected chi connectivity index (χ1v) is 10.7. The monoisotopic (exact) mass is 477 g/mol. The van der Waals surface area contributed by atoms with Crippen LogP contribution in [0, 0.1) is 5.82 Å². The smallest absolute Gasteiger partial charge is 0.329 e. The van der Waals surface area contributed by atoms with E-state index in [0.717, 1.165) is 0 Å². The van der Waals surface area contributed by atoms with Crippen molar-refractivity contribution in [3.05, 3.63) is 41.2 Å². The highest BCUT2D eigenvalue weighted by Crippen LogP contribution is 2.12. The summed E-state index contributed by atoms with van der Waals surface area (Å²) < 4.78 is 19.0. The second kappa shape index (κ2) is 13.3. The van der Waals surface area contributed by atoms with Crippen molar-refractivity contribution in [3.8, 4) is 0 Å². The molecule has 0 aliphatic rings. The molecule has 2 N–H and O–H groups in total. The van der Waals surface area contributed by atoms with Gasteiger partial charge < -0.3 is 25.8 Å². The van der Waals surface area contributed by atoms with E-state index >= 15 is 0 Å². The maximum Gasteiger partial charge on any atom is 0.329 e. The minimum atomic E-state index is -1.21. The lowest BCUT2D eigenvalue weighted by Crippen LogP contribution is -2.54. The number of nitrogens with one attached hydrogen (secondary N) is 2. The fourth-order valence-corrected chi connectivity index (χ4v) is 2.95. The van der Waals surface area contributed by atoms with E-state index in [0.29, 0.717) is 11.8 Å². The zero-order valence-electron chi connectivity index (χ0n) is 20.1. The van der Waals surface area contributed by atoms with Gasteiger partial charge in [0, 0.05) is 12.8 Å². The van der Waals surface area contributed by atoms with Crippen molar-refractivity contribution in [3.63, 3.8) is 0 Å². The van der Waals surface area contributed by atoms with E-state index in [1.54, 1.807) is 45.8 Å². The SMILES string of the molecule is CN(C)CC(=O)N[C@@H](Cc1cccc(F)c1)C(=O)N[C@@H](CCC(=O)C=[N+]=[N-])C(=O)OC(C)(C)C. The normalized spacial score (nSPS) is 12.8. The third-order valence-electron chi connectivity index (χ3n) is 4.33. The fourth-order valence-electron chi connectivity index (χ4n) is 2.95. The molecule has 1 rings (SSSR count). The highest BCUT2D eigenvalue weighted by Gasteiger charge is 2.30. The molecule has 0 radical (unpaired) electrons. The summed E-state index contributed by atoms with van der Waals surface area (Å²) >= 11 is 0. The molecule has 0 aliphatic carbocycles. The first kappa shape index (κ1) is 28.6. The minimum Gasteiger partial charge on any atom is -0.458 e. The number of carbonyl (C=O) groups excluding carboxylic acids is 4. The summed E-state index contributed by atoms with van der Waals surface area (Å²) in [7, 11) is 3.37. The van der Waals surface area contributed by atoms with Gasteiger partial charge in [0.15, 0.2) is 0 Å². The molecule has 0 saturated heterocycles. The Morgan fingerprint density at radius 1 is 1.18 bits per heavy atom. The van der Waals surface area contributed by atoms with Gasteiger partial charge >= 0.3 is 12.2 Å². The number of amides is 2. The van der Waals surface area contributed by atoms with E-state index in [1.807, 2.05) is 0 Å². The number of hydrogen-bond donors (Lipinski definition) is 2. The summed E-state index contributed by atoms with van der Waals surface area (Å²) in [6, 6.07) is 3.28. The summed E-state index contributed by atoms with van der Waals surface area (Å²) in [5.41, 5.74) is 8.12. The molecule has 2 atom stereocenters. The summed E-state index contributed by atoms with van der Waals surface area (Å²) in [6.07, 6.45) is 0.349. The molecule has 0 fully saturated rings. The third-order valence-corrected chi connectivity index (χ3v) is 4.33. The molecule has 0 saturated carbocycles. The van der Waals surface area contributed by atoms with Crippen molar-refractivity contribution in [2.24, 2.45) is 0 Å². The average molecular weight is 478 g/mol. The number of carbonyl (C=O) groups is 4. The number of halogens is 1. The number of likely N-dealkylation sites (N-methyl/N-ethyl adjacent to an activating group) is 1. The van der Waals surface area contributed by atoms with Gasteiger partial charge in [-0.1, -0.05) is 12.1 Å². The van der Waals surface area contributed by atoms with Crippen LogP contribution in [0.5, 0.6) is 0 Å². The van der Waals surface area contributed by atoms with Crippen LogP contribution in [-0.2, 0) is 30.3 Å². The van der Waals surface area contributed by atoms with Gasteiger partial charge in [0.1, 0.15) is 23.5 Å². The zero-order valence-corrected chi connectivity index (χ0v) is 20.1. The highest BCUT2D eigenvalue weighted by atomic mass is 19.1. The number of rotatable bonds is 12. The molecule has 0 heterocycles. The number of esters is 1. The van der Waals surface area contributed by atoms with E-state index in [4.69, 9.17) is 10.3 Å². The second-order valence-electron chi connectivity index (χ2n) is 9.04. The van der Waals surface area contributed by atoms with Crippen LogP contribution in [0.2, 0.25) is 0 Å². The van der Waals surface area contributed by atoms with Gasteiger partial charge in [0.25, 0.3) is 0 Å². The van der Waals surface area contributed by atoms with Crippen LogP contribution in [0.15, 0.2) is 24.3 Å².